The van der Waals surface area contributed by atoms with Crippen molar-refractivity contribution in [1.82, 2.24) is 0 Å². The fourth-order valence-electron chi connectivity index (χ4n) is 0.793. The van der Waals surface area contributed by atoms with E-state index in [0.29, 0.717) is 0 Å². The largest absolute Gasteiger partial charge is 0.265 e. The van der Waals surface area contributed by atoms with Crippen LogP contribution in [0.1, 0.15) is 12.8 Å². The van der Waals surface area contributed by atoms with Crippen LogP contribution in [0.15, 0.2) is 0 Å². The van der Waals surface area contributed by atoms with Crippen molar-refractivity contribution in [3.8, 4) is 6.07 Å². The van der Waals surface area contributed by atoms with Crippen LogP contribution in [0.2, 0.25) is 0 Å². The molecule has 0 heterocycles. The van der Waals surface area contributed by atoms with Crippen molar-refractivity contribution in [2.24, 2.45) is 5.92 Å². The molecular formula is C6H9NO3S. The Morgan fingerprint density at radius 1 is 1.64 bits per heavy atom. The number of hydrogen-bond donors (Lipinski definition) is 0. The smallest absolute Gasteiger partial charge is 0.251 e. The van der Waals surface area contributed by atoms with Crippen LogP contribution in [0.3, 0.4) is 0 Å². The van der Waals surface area contributed by atoms with Crippen molar-refractivity contribution in [2.75, 3.05) is 6.26 Å². The van der Waals surface area contributed by atoms with E-state index in [1.807, 2.05) is 6.07 Å². The van der Waals surface area contributed by atoms with E-state index in [1.165, 1.54) is 0 Å². The molecule has 0 radical (unpaired) electrons. The molecule has 5 heteroatoms. The monoisotopic (exact) mass is 175 g/mol. The highest BCUT2D eigenvalue weighted by atomic mass is 32.2. The third kappa shape index (κ3) is 2.87. The van der Waals surface area contributed by atoms with Gasteiger partial charge in [-0.1, -0.05) is 0 Å². The van der Waals surface area contributed by atoms with Crippen LogP contribution in [-0.2, 0) is 14.3 Å². The molecule has 11 heavy (non-hydrogen) atoms. The van der Waals surface area contributed by atoms with Gasteiger partial charge in [-0.15, -0.1) is 0 Å². The van der Waals surface area contributed by atoms with Crippen LogP contribution < -0.4 is 0 Å². The minimum absolute atomic E-state index is 0.134. The average Bonchev–Trinajstić information content (AvgIpc) is 2.61. The van der Waals surface area contributed by atoms with Crippen molar-refractivity contribution in [3.63, 3.8) is 0 Å². The Kier molecular flexibility index (Phi) is 2.16. The molecule has 0 bridgehead atoms. The molecule has 0 amide bonds. The summed E-state index contributed by atoms with van der Waals surface area (Å²) in [5.74, 6) is 0.134. The van der Waals surface area contributed by atoms with E-state index in [9.17, 15) is 8.42 Å². The number of rotatable bonds is 3. The Labute approximate surface area is 65.9 Å². The normalized spacial score (nSPS) is 20.7. The van der Waals surface area contributed by atoms with Gasteiger partial charge in [0.2, 0.25) is 0 Å². The van der Waals surface area contributed by atoms with Crippen LogP contribution in [0.25, 0.3) is 0 Å². The van der Waals surface area contributed by atoms with E-state index in [1.54, 1.807) is 0 Å². The maximum Gasteiger partial charge on any atom is 0.265 e. The molecule has 0 N–H and O–H groups in total. The predicted octanol–water partition coefficient (Wildman–Crippen LogP) is 0.265. The highest BCUT2D eigenvalue weighted by Crippen LogP contribution is 2.34. The molecule has 0 aromatic heterocycles. The topological polar surface area (TPSA) is 67.2 Å². The van der Waals surface area contributed by atoms with Crippen LogP contribution >= 0.6 is 0 Å². The zero-order chi connectivity index (χ0) is 8.48. The number of hydrogen-bond acceptors (Lipinski definition) is 4. The molecule has 1 atom stereocenters. The van der Waals surface area contributed by atoms with Gasteiger partial charge < -0.3 is 0 Å². The minimum atomic E-state index is -3.46. The SMILES string of the molecule is CS(=O)(=O)OC(C#N)C1CC1. The summed E-state index contributed by atoms with van der Waals surface area (Å²) in [7, 11) is -3.46. The van der Waals surface area contributed by atoms with Gasteiger partial charge in [0.25, 0.3) is 10.1 Å². The van der Waals surface area contributed by atoms with Crippen molar-refractivity contribution < 1.29 is 12.6 Å². The summed E-state index contributed by atoms with van der Waals surface area (Å²) in [6.07, 6.45) is 1.99. The maximum absolute atomic E-state index is 10.6. The van der Waals surface area contributed by atoms with Gasteiger partial charge in [0.05, 0.1) is 12.3 Å². The van der Waals surface area contributed by atoms with Crippen LogP contribution in [-0.4, -0.2) is 20.8 Å². The first-order valence-corrected chi connectivity index (χ1v) is 5.12. The third-order valence-corrected chi connectivity index (χ3v) is 2.01. The second kappa shape index (κ2) is 2.80. The highest BCUT2D eigenvalue weighted by Gasteiger charge is 2.34. The maximum atomic E-state index is 10.6. The molecule has 0 aliphatic heterocycles. The molecule has 1 aliphatic rings. The van der Waals surface area contributed by atoms with Gasteiger partial charge in [-0.25, -0.2) is 0 Å². The number of nitrogens with zero attached hydrogens (tertiary/aromatic N) is 1. The first-order chi connectivity index (χ1) is 5.03. The van der Waals surface area contributed by atoms with E-state index in [0.717, 1.165) is 19.1 Å². The summed E-state index contributed by atoms with van der Waals surface area (Å²) >= 11 is 0. The molecule has 0 aromatic carbocycles. The standard InChI is InChI=1S/C6H9NO3S/c1-11(8,9)10-6(4-7)5-2-3-5/h5-6H,2-3H2,1H3. The summed E-state index contributed by atoms with van der Waals surface area (Å²) in [4.78, 5) is 0. The lowest BCUT2D eigenvalue weighted by Gasteiger charge is -2.04. The summed E-state index contributed by atoms with van der Waals surface area (Å²) in [5.41, 5.74) is 0. The Balaban J connectivity index is 2.52. The lowest BCUT2D eigenvalue weighted by Crippen LogP contribution is -2.17. The van der Waals surface area contributed by atoms with Crippen molar-refractivity contribution in [1.29, 1.82) is 5.26 Å². The second-order valence-electron chi connectivity index (χ2n) is 2.69. The summed E-state index contributed by atoms with van der Waals surface area (Å²) in [6, 6.07) is 1.82. The molecule has 4 nitrogen and oxygen atoms in total. The summed E-state index contributed by atoms with van der Waals surface area (Å²) in [5, 5.41) is 8.46. The first-order valence-electron chi connectivity index (χ1n) is 3.31. The van der Waals surface area contributed by atoms with Crippen LogP contribution in [0, 0.1) is 17.2 Å². The minimum Gasteiger partial charge on any atom is -0.251 e. The van der Waals surface area contributed by atoms with E-state index >= 15 is 0 Å². The fourth-order valence-corrected chi connectivity index (χ4v) is 1.37. The van der Waals surface area contributed by atoms with Crippen molar-refractivity contribution >= 4 is 10.1 Å². The Morgan fingerprint density at radius 2 is 2.18 bits per heavy atom. The fraction of sp³-hybridized carbons (Fsp3) is 0.833. The van der Waals surface area contributed by atoms with Crippen LogP contribution in [0.4, 0.5) is 0 Å². The third-order valence-electron chi connectivity index (χ3n) is 1.46. The van der Waals surface area contributed by atoms with Gasteiger partial charge in [0, 0.05) is 5.92 Å². The van der Waals surface area contributed by atoms with Crippen molar-refractivity contribution in [3.05, 3.63) is 0 Å². The summed E-state index contributed by atoms with van der Waals surface area (Å²) in [6.45, 7) is 0. The van der Waals surface area contributed by atoms with Crippen LogP contribution in [0.5, 0.6) is 0 Å². The number of nitriles is 1. The molecule has 1 saturated carbocycles. The molecule has 1 rings (SSSR count). The molecular weight excluding hydrogens is 166 g/mol. The summed E-state index contributed by atoms with van der Waals surface area (Å²) < 4.78 is 25.6. The molecule has 1 fully saturated rings. The van der Waals surface area contributed by atoms with Gasteiger partial charge in [-0.05, 0) is 12.8 Å². The Bertz CT molecular complexity index is 273. The van der Waals surface area contributed by atoms with E-state index in [4.69, 9.17) is 5.26 Å². The van der Waals surface area contributed by atoms with Gasteiger partial charge in [0.15, 0.2) is 6.10 Å². The second-order valence-corrected chi connectivity index (χ2v) is 4.29. The highest BCUT2D eigenvalue weighted by molar-refractivity contribution is 7.86. The molecule has 0 saturated heterocycles. The molecule has 0 aromatic rings. The lowest BCUT2D eigenvalue weighted by atomic mass is 10.3. The zero-order valence-corrected chi connectivity index (χ0v) is 6.97. The zero-order valence-electron chi connectivity index (χ0n) is 6.15. The molecule has 62 valence electrons. The van der Waals surface area contributed by atoms with Gasteiger partial charge in [-0.2, -0.15) is 13.7 Å². The van der Waals surface area contributed by atoms with Gasteiger partial charge in [-0.3, -0.25) is 4.18 Å². The molecule has 1 unspecified atom stereocenters. The van der Waals surface area contributed by atoms with Gasteiger partial charge >= 0.3 is 0 Å². The van der Waals surface area contributed by atoms with E-state index in [2.05, 4.69) is 4.18 Å². The quantitative estimate of drug-likeness (QED) is 0.577. The first kappa shape index (κ1) is 8.50. The predicted molar refractivity (Wildman–Crippen MR) is 38.1 cm³/mol. The lowest BCUT2D eigenvalue weighted by molar-refractivity contribution is 0.242. The Hall–Kier alpha value is -0.600. The Morgan fingerprint density at radius 3 is 2.45 bits per heavy atom. The average molecular weight is 175 g/mol. The van der Waals surface area contributed by atoms with Gasteiger partial charge in [0.1, 0.15) is 0 Å². The molecule has 0 spiro atoms. The van der Waals surface area contributed by atoms with E-state index < -0.39 is 16.2 Å². The van der Waals surface area contributed by atoms with E-state index in [-0.39, 0.29) is 5.92 Å². The van der Waals surface area contributed by atoms with Crippen molar-refractivity contribution in [2.45, 2.75) is 18.9 Å². The molecule has 1 aliphatic carbocycles.